The van der Waals surface area contributed by atoms with Crippen LogP contribution in [0.5, 0.6) is 0 Å². The molecule has 2 aliphatic heterocycles. The molecule has 16 heavy (non-hydrogen) atoms. The Labute approximate surface area is 107 Å². The molecule has 0 saturated carbocycles. The average molecular weight is 262 g/mol. The lowest BCUT2D eigenvalue weighted by Gasteiger charge is -2.32. The van der Waals surface area contributed by atoms with Crippen molar-refractivity contribution in [2.45, 2.75) is 36.7 Å². The molecule has 0 bridgehead atoms. The second-order valence-electron chi connectivity index (χ2n) is 4.72. The van der Waals surface area contributed by atoms with Gasteiger partial charge in [-0.3, -0.25) is 0 Å². The summed E-state index contributed by atoms with van der Waals surface area (Å²) in [5.74, 6) is 1.11. The largest absolute Gasteiger partial charge is 0.487 e. The van der Waals surface area contributed by atoms with E-state index in [9.17, 15) is 0 Å². The quantitative estimate of drug-likeness (QED) is 0.678. The Balaban J connectivity index is 0.000000963. The number of fused-ring (bicyclic) bond motifs is 1. The Kier molecular flexibility index (Phi) is 3.53. The first-order valence-electron chi connectivity index (χ1n) is 5.72. The Morgan fingerprint density at radius 2 is 2.12 bits per heavy atom. The molecule has 1 N–H and O–H groups in total. The van der Waals surface area contributed by atoms with Gasteiger partial charge >= 0.3 is 0 Å². The number of rotatable bonds is 0. The minimum atomic E-state index is 0. The summed E-state index contributed by atoms with van der Waals surface area (Å²) in [6, 6.07) is 0. The van der Waals surface area contributed by atoms with Gasteiger partial charge in [0, 0.05) is 6.42 Å². The number of hydrogen-bond acceptors (Lipinski definition) is 2. The van der Waals surface area contributed by atoms with Gasteiger partial charge in [-0.1, -0.05) is 6.08 Å². The van der Waals surface area contributed by atoms with Gasteiger partial charge in [-0.2, -0.15) is 0 Å². The molecule has 0 aromatic rings. The van der Waals surface area contributed by atoms with Crippen LogP contribution < -0.4 is 5.32 Å². The van der Waals surface area contributed by atoms with E-state index in [1.165, 1.54) is 5.57 Å². The normalized spacial score (nSPS) is 30.9. The smallest absolute Gasteiger partial charge is 0.119 e. The summed E-state index contributed by atoms with van der Waals surface area (Å²) in [7, 11) is 0. The fourth-order valence-corrected chi connectivity index (χ4v) is 2.99. The van der Waals surface area contributed by atoms with Crippen LogP contribution >= 0.6 is 24.0 Å². The van der Waals surface area contributed by atoms with Crippen LogP contribution in [0.15, 0.2) is 23.5 Å². The van der Waals surface area contributed by atoms with Crippen molar-refractivity contribution in [3.63, 3.8) is 0 Å². The van der Waals surface area contributed by atoms with Crippen LogP contribution in [0.2, 0.25) is 0 Å². The van der Waals surface area contributed by atoms with E-state index >= 15 is 0 Å². The highest BCUT2D eigenvalue weighted by atomic mass is 35.5. The molecular weight excluding hydrogens is 245 g/mol. The average Bonchev–Trinajstić information content (AvgIpc) is 2.56. The number of piperidine rings is 1. The number of allylic oxidation sites excluding steroid dienone is 3. The molecule has 3 aliphatic rings. The van der Waals surface area contributed by atoms with E-state index in [0.717, 1.165) is 44.5 Å². The van der Waals surface area contributed by atoms with Gasteiger partial charge in [-0.05, 0) is 44.0 Å². The molecule has 90 valence electrons. The first kappa shape index (κ1) is 12.3. The standard InChI is InChI=1S/C12H16ClNO.ClH/c13-10-1-2-11-9(7-10)8-12(15-11)3-5-14-6-4-12;/h2,7,10,14H,1,3-6,8H2;1H. The van der Waals surface area contributed by atoms with Crippen LogP contribution in [0.4, 0.5) is 0 Å². The minimum Gasteiger partial charge on any atom is -0.487 e. The summed E-state index contributed by atoms with van der Waals surface area (Å²) < 4.78 is 6.14. The van der Waals surface area contributed by atoms with Crippen molar-refractivity contribution >= 4 is 24.0 Å². The fraction of sp³-hybridized carbons (Fsp3) is 0.667. The van der Waals surface area contributed by atoms with Gasteiger partial charge in [0.25, 0.3) is 0 Å². The molecule has 0 aromatic carbocycles. The topological polar surface area (TPSA) is 21.3 Å². The first-order chi connectivity index (χ1) is 7.27. The summed E-state index contributed by atoms with van der Waals surface area (Å²) in [6.07, 6.45) is 8.54. The van der Waals surface area contributed by atoms with E-state index in [2.05, 4.69) is 17.5 Å². The van der Waals surface area contributed by atoms with E-state index in [1.807, 2.05) is 0 Å². The number of ether oxygens (including phenoxy) is 1. The molecule has 1 unspecified atom stereocenters. The predicted octanol–water partition coefficient (Wildman–Crippen LogP) is 2.77. The molecule has 1 atom stereocenters. The van der Waals surface area contributed by atoms with Crippen molar-refractivity contribution in [3.05, 3.63) is 23.5 Å². The molecule has 0 amide bonds. The summed E-state index contributed by atoms with van der Waals surface area (Å²) in [5, 5.41) is 3.55. The molecule has 1 spiro atoms. The first-order valence-corrected chi connectivity index (χ1v) is 6.16. The summed E-state index contributed by atoms with van der Waals surface area (Å²) in [5.41, 5.74) is 1.42. The molecule has 2 fully saturated rings. The minimum absolute atomic E-state index is 0. The lowest BCUT2D eigenvalue weighted by molar-refractivity contribution is 0.0115. The van der Waals surface area contributed by atoms with Crippen LogP contribution in [-0.2, 0) is 4.74 Å². The Hall–Kier alpha value is -0.180. The molecule has 0 aromatic heterocycles. The second kappa shape index (κ2) is 4.59. The number of halogens is 2. The van der Waals surface area contributed by atoms with E-state index in [-0.39, 0.29) is 23.4 Å². The van der Waals surface area contributed by atoms with E-state index in [1.54, 1.807) is 0 Å². The number of nitrogens with one attached hydrogen (secondary N) is 1. The van der Waals surface area contributed by atoms with Crippen LogP contribution in [-0.4, -0.2) is 24.1 Å². The second-order valence-corrected chi connectivity index (χ2v) is 5.28. The zero-order valence-electron chi connectivity index (χ0n) is 9.17. The fourth-order valence-electron chi connectivity index (χ4n) is 2.75. The van der Waals surface area contributed by atoms with Crippen LogP contribution in [0.25, 0.3) is 0 Å². The van der Waals surface area contributed by atoms with Crippen molar-refractivity contribution in [2.24, 2.45) is 0 Å². The third-order valence-electron chi connectivity index (χ3n) is 3.58. The highest BCUT2D eigenvalue weighted by molar-refractivity contribution is 6.22. The SMILES string of the molecule is Cl.ClC1C=C2CC3(CCNCC3)OC2=CC1. The highest BCUT2D eigenvalue weighted by Crippen LogP contribution is 2.44. The Morgan fingerprint density at radius 3 is 2.88 bits per heavy atom. The molecule has 3 rings (SSSR count). The predicted molar refractivity (Wildman–Crippen MR) is 68.2 cm³/mol. The van der Waals surface area contributed by atoms with Crippen LogP contribution in [0, 0.1) is 0 Å². The van der Waals surface area contributed by atoms with Gasteiger partial charge < -0.3 is 10.1 Å². The van der Waals surface area contributed by atoms with E-state index in [4.69, 9.17) is 16.3 Å². The van der Waals surface area contributed by atoms with Gasteiger partial charge in [-0.25, -0.2) is 0 Å². The maximum atomic E-state index is 6.14. The zero-order valence-corrected chi connectivity index (χ0v) is 10.7. The molecule has 0 radical (unpaired) electrons. The summed E-state index contributed by atoms with van der Waals surface area (Å²) in [6.45, 7) is 2.15. The Morgan fingerprint density at radius 1 is 1.38 bits per heavy atom. The molecule has 2 heterocycles. The van der Waals surface area contributed by atoms with Gasteiger partial charge in [0.15, 0.2) is 0 Å². The maximum Gasteiger partial charge on any atom is 0.119 e. The van der Waals surface area contributed by atoms with Gasteiger partial charge in [0.05, 0.1) is 5.38 Å². The molecule has 2 nitrogen and oxygen atoms in total. The molecular formula is C12H17Cl2NO. The molecule has 1 aliphatic carbocycles. The maximum absolute atomic E-state index is 6.14. The van der Waals surface area contributed by atoms with Crippen molar-refractivity contribution in [2.75, 3.05) is 13.1 Å². The van der Waals surface area contributed by atoms with Crippen LogP contribution in [0.3, 0.4) is 0 Å². The Bertz CT molecular complexity index is 332. The van der Waals surface area contributed by atoms with E-state index < -0.39 is 0 Å². The summed E-state index contributed by atoms with van der Waals surface area (Å²) >= 11 is 6.12. The molecule has 4 heteroatoms. The van der Waals surface area contributed by atoms with Crippen molar-refractivity contribution < 1.29 is 4.74 Å². The van der Waals surface area contributed by atoms with Gasteiger partial charge in [0.2, 0.25) is 0 Å². The zero-order chi connectivity index (χ0) is 10.3. The molecule has 2 saturated heterocycles. The third-order valence-corrected chi connectivity index (χ3v) is 3.88. The lowest BCUT2D eigenvalue weighted by Crippen LogP contribution is -2.41. The highest BCUT2D eigenvalue weighted by Gasteiger charge is 2.42. The van der Waals surface area contributed by atoms with Gasteiger partial charge in [-0.15, -0.1) is 24.0 Å². The summed E-state index contributed by atoms with van der Waals surface area (Å²) in [4.78, 5) is 0. The monoisotopic (exact) mass is 261 g/mol. The lowest BCUT2D eigenvalue weighted by atomic mass is 9.87. The number of hydrogen-bond donors (Lipinski definition) is 1. The third kappa shape index (κ3) is 2.11. The van der Waals surface area contributed by atoms with Crippen LogP contribution in [0.1, 0.15) is 25.7 Å². The van der Waals surface area contributed by atoms with Crippen molar-refractivity contribution in [3.8, 4) is 0 Å². The number of alkyl halides is 1. The van der Waals surface area contributed by atoms with Crippen molar-refractivity contribution in [1.82, 2.24) is 5.32 Å². The van der Waals surface area contributed by atoms with E-state index in [0.29, 0.717) is 0 Å². The van der Waals surface area contributed by atoms with Gasteiger partial charge in [0.1, 0.15) is 11.4 Å². The van der Waals surface area contributed by atoms with Crippen molar-refractivity contribution in [1.29, 1.82) is 0 Å².